The van der Waals surface area contributed by atoms with Crippen LogP contribution in [0.1, 0.15) is 5.69 Å². The first-order valence-corrected chi connectivity index (χ1v) is 9.06. The van der Waals surface area contributed by atoms with Crippen LogP contribution >= 0.6 is 0 Å². The van der Waals surface area contributed by atoms with Gasteiger partial charge < -0.3 is 15.4 Å². The Morgan fingerprint density at radius 1 is 1.00 bits per heavy atom. The zero-order chi connectivity index (χ0) is 20.2. The fraction of sp³-hybridized carbons (Fsp3) is 0.0909. The van der Waals surface area contributed by atoms with Crippen molar-refractivity contribution >= 4 is 5.82 Å². The van der Waals surface area contributed by atoms with Gasteiger partial charge in [-0.05, 0) is 48.0 Å². The lowest BCUT2D eigenvalue weighted by molar-refractivity contribution is 0.475. The van der Waals surface area contributed by atoms with E-state index in [-0.39, 0.29) is 11.3 Å². The van der Waals surface area contributed by atoms with Crippen molar-refractivity contribution in [3.8, 4) is 28.1 Å². The number of anilines is 1. The lowest BCUT2D eigenvalue weighted by Gasteiger charge is -2.12. The summed E-state index contributed by atoms with van der Waals surface area (Å²) >= 11 is 0. The van der Waals surface area contributed by atoms with Gasteiger partial charge >= 0.3 is 0 Å². The predicted molar refractivity (Wildman–Crippen MR) is 107 cm³/mol. The van der Waals surface area contributed by atoms with Crippen molar-refractivity contribution in [2.24, 2.45) is 0 Å². The summed E-state index contributed by atoms with van der Waals surface area (Å²) in [4.78, 5) is 11.6. The average Bonchev–Trinajstić information content (AvgIpc) is 3.23. The Labute approximate surface area is 166 Å². The van der Waals surface area contributed by atoms with Gasteiger partial charge in [0, 0.05) is 36.0 Å². The van der Waals surface area contributed by atoms with Crippen molar-refractivity contribution in [3.05, 3.63) is 84.4 Å². The maximum absolute atomic E-state index is 14.4. The molecule has 4 aromatic rings. The van der Waals surface area contributed by atoms with Gasteiger partial charge in [0.15, 0.2) is 0 Å². The molecule has 0 fully saturated rings. The Morgan fingerprint density at radius 3 is 2.69 bits per heavy atom. The van der Waals surface area contributed by atoms with E-state index in [1.165, 1.54) is 0 Å². The van der Waals surface area contributed by atoms with E-state index in [2.05, 4.69) is 20.3 Å². The van der Waals surface area contributed by atoms with Gasteiger partial charge in [-0.1, -0.05) is 12.1 Å². The molecule has 29 heavy (non-hydrogen) atoms. The molecule has 2 aromatic carbocycles. The summed E-state index contributed by atoms with van der Waals surface area (Å²) in [5.41, 5.74) is 2.80. The summed E-state index contributed by atoms with van der Waals surface area (Å²) in [5, 5.41) is 13.0. The van der Waals surface area contributed by atoms with Gasteiger partial charge in [-0.2, -0.15) is 0 Å². The Balaban J connectivity index is 1.71. The molecule has 0 atom stereocenters. The first kappa shape index (κ1) is 18.6. The topological polar surface area (TPSA) is 73.8 Å². The van der Waals surface area contributed by atoms with E-state index in [1.54, 1.807) is 48.9 Å². The third kappa shape index (κ3) is 4.40. The molecule has 2 aromatic heterocycles. The highest BCUT2D eigenvalue weighted by Gasteiger charge is 2.12. The molecule has 0 aliphatic carbocycles. The van der Waals surface area contributed by atoms with E-state index in [0.29, 0.717) is 35.6 Å². The van der Waals surface area contributed by atoms with Gasteiger partial charge in [-0.3, -0.25) is 0 Å². The van der Waals surface area contributed by atoms with Gasteiger partial charge in [0.1, 0.15) is 23.2 Å². The zero-order valence-electron chi connectivity index (χ0n) is 15.4. The van der Waals surface area contributed by atoms with Crippen molar-refractivity contribution in [3.63, 3.8) is 0 Å². The highest BCUT2D eigenvalue weighted by molar-refractivity contribution is 5.74. The number of aromatic amines is 1. The summed E-state index contributed by atoms with van der Waals surface area (Å²) in [6.07, 6.45) is 4.05. The lowest BCUT2D eigenvalue weighted by atomic mass is 10.0. The smallest absolute Gasteiger partial charge is 0.131 e. The predicted octanol–water partition coefficient (Wildman–Crippen LogP) is 4.78. The molecule has 7 heteroatoms. The molecule has 0 unspecified atom stereocenters. The Kier molecular flexibility index (Phi) is 5.20. The van der Waals surface area contributed by atoms with Crippen LogP contribution in [0.15, 0.2) is 67.1 Å². The van der Waals surface area contributed by atoms with E-state index < -0.39 is 11.6 Å². The molecular formula is C22H18F2N4O. The molecule has 5 nitrogen and oxygen atoms in total. The van der Waals surface area contributed by atoms with Crippen LogP contribution in [-0.4, -0.2) is 26.6 Å². The van der Waals surface area contributed by atoms with Crippen LogP contribution in [0.4, 0.5) is 14.6 Å². The van der Waals surface area contributed by atoms with Crippen molar-refractivity contribution in [1.82, 2.24) is 15.0 Å². The third-order valence-electron chi connectivity index (χ3n) is 4.46. The molecule has 0 amide bonds. The number of aromatic hydroxyl groups is 1. The SMILES string of the molecule is Oc1cccc(-c2cc(-c3cc(F)ccc3F)cc(NCCc3cnc[nH]3)n2)c1. The zero-order valence-corrected chi connectivity index (χ0v) is 15.4. The highest BCUT2D eigenvalue weighted by Crippen LogP contribution is 2.31. The van der Waals surface area contributed by atoms with Crippen LogP contribution < -0.4 is 5.32 Å². The Bertz CT molecular complexity index is 1130. The Morgan fingerprint density at radius 2 is 1.90 bits per heavy atom. The minimum absolute atomic E-state index is 0.0976. The van der Waals surface area contributed by atoms with E-state index in [4.69, 9.17) is 0 Å². The molecule has 0 saturated carbocycles. The van der Waals surface area contributed by atoms with Crippen molar-refractivity contribution in [1.29, 1.82) is 0 Å². The summed E-state index contributed by atoms with van der Waals surface area (Å²) in [5.74, 6) is -0.432. The number of phenolic OH excluding ortho intramolecular Hbond substituents is 1. The number of phenols is 1. The quantitative estimate of drug-likeness (QED) is 0.442. The molecule has 0 radical (unpaired) electrons. The largest absolute Gasteiger partial charge is 0.508 e. The van der Waals surface area contributed by atoms with Crippen LogP contribution in [0.25, 0.3) is 22.4 Å². The second-order valence-corrected chi connectivity index (χ2v) is 6.55. The maximum Gasteiger partial charge on any atom is 0.131 e. The maximum atomic E-state index is 14.4. The molecule has 3 N–H and O–H groups in total. The fourth-order valence-corrected chi connectivity index (χ4v) is 3.06. The van der Waals surface area contributed by atoms with Crippen LogP contribution in [0, 0.1) is 11.6 Å². The number of pyridine rings is 1. The molecule has 0 saturated heterocycles. The summed E-state index contributed by atoms with van der Waals surface area (Å²) in [6, 6.07) is 13.3. The van der Waals surface area contributed by atoms with E-state index in [9.17, 15) is 13.9 Å². The number of hydrogen-bond acceptors (Lipinski definition) is 4. The van der Waals surface area contributed by atoms with Crippen LogP contribution in [0.2, 0.25) is 0 Å². The second-order valence-electron chi connectivity index (χ2n) is 6.55. The van der Waals surface area contributed by atoms with Crippen LogP contribution in [0.3, 0.4) is 0 Å². The number of H-pyrrole nitrogens is 1. The van der Waals surface area contributed by atoms with Gasteiger partial charge in [0.05, 0.1) is 12.0 Å². The number of benzene rings is 2. The molecule has 0 bridgehead atoms. The van der Waals surface area contributed by atoms with Gasteiger partial charge in [0.2, 0.25) is 0 Å². The highest BCUT2D eigenvalue weighted by atomic mass is 19.1. The Hall–Kier alpha value is -3.74. The number of halogens is 2. The van der Waals surface area contributed by atoms with Crippen molar-refractivity contribution in [2.45, 2.75) is 6.42 Å². The van der Waals surface area contributed by atoms with Gasteiger partial charge in [0.25, 0.3) is 0 Å². The lowest BCUT2D eigenvalue weighted by Crippen LogP contribution is -2.07. The van der Waals surface area contributed by atoms with E-state index >= 15 is 0 Å². The number of aromatic nitrogens is 3. The second kappa shape index (κ2) is 8.10. The number of nitrogens with zero attached hydrogens (tertiary/aromatic N) is 2. The number of nitrogens with one attached hydrogen (secondary N) is 2. The monoisotopic (exact) mass is 392 g/mol. The van der Waals surface area contributed by atoms with E-state index in [0.717, 1.165) is 23.9 Å². The normalized spacial score (nSPS) is 10.8. The average molecular weight is 392 g/mol. The standard InChI is InChI=1S/C22H18F2N4O/c23-16-4-5-20(24)19(11-16)15-9-21(14-2-1-3-18(29)8-14)28-22(10-15)26-7-6-17-12-25-13-27-17/h1-5,8-13,29H,6-7H2,(H,25,27)(H,26,28). The molecule has 0 spiro atoms. The number of imidazole rings is 1. The molecule has 146 valence electrons. The fourth-order valence-electron chi connectivity index (χ4n) is 3.06. The first-order chi connectivity index (χ1) is 14.1. The molecule has 4 rings (SSSR count). The van der Waals surface area contributed by atoms with Gasteiger partial charge in [-0.15, -0.1) is 0 Å². The summed E-state index contributed by atoms with van der Waals surface area (Å²) in [6.45, 7) is 0.573. The molecule has 0 aliphatic rings. The summed E-state index contributed by atoms with van der Waals surface area (Å²) in [7, 11) is 0. The van der Waals surface area contributed by atoms with Crippen LogP contribution in [0.5, 0.6) is 5.75 Å². The molecule has 0 aliphatic heterocycles. The summed E-state index contributed by atoms with van der Waals surface area (Å²) < 4.78 is 28.1. The van der Waals surface area contributed by atoms with Crippen LogP contribution in [-0.2, 0) is 6.42 Å². The molecular weight excluding hydrogens is 374 g/mol. The number of hydrogen-bond donors (Lipinski definition) is 3. The minimum atomic E-state index is -0.525. The van der Waals surface area contributed by atoms with Crippen molar-refractivity contribution in [2.75, 3.05) is 11.9 Å². The number of rotatable bonds is 6. The van der Waals surface area contributed by atoms with Crippen molar-refractivity contribution < 1.29 is 13.9 Å². The molecule has 2 heterocycles. The third-order valence-corrected chi connectivity index (χ3v) is 4.46. The van der Waals surface area contributed by atoms with E-state index in [1.807, 2.05) is 0 Å². The van der Waals surface area contributed by atoms with Gasteiger partial charge in [-0.25, -0.2) is 18.7 Å². The first-order valence-electron chi connectivity index (χ1n) is 9.06. The minimum Gasteiger partial charge on any atom is -0.508 e.